The summed E-state index contributed by atoms with van der Waals surface area (Å²) in [6, 6.07) is 6.96. The second-order valence-corrected chi connectivity index (χ2v) is 9.10. The van der Waals surface area contributed by atoms with Crippen molar-refractivity contribution in [2.75, 3.05) is 7.05 Å². The minimum Gasteiger partial charge on any atom is -0.491 e. The third-order valence-corrected chi connectivity index (χ3v) is 4.95. The number of nitrogens with one attached hydrogen (secondary N) is 1. The third-order valence-electron chi connectivity index (χ3n) is 4.95. The number of hydrogen-bond acceptors (Lipinski definition) is 4. The number of benzene rings is 1. The van der Waals surface area contributed by atoms with Gasteiger partial charge in [-0.3, -0.25) is 9.69 Å². The summed E-state index contributed by atoms with van der Waals surface area (Å²) in [5.41, 5.74) is 0.724. The maximum absolute atomic E-state index is 12.1. The molecule has 1 saturated heterocycles. The zero-order chi connectivity index (χ0) is 19.7. The lowest BCUT2D eigenvalue weighted by Crippen LogP contribution is -2.62. The van der Waals surface area contributed by atoms with Crippen LogP contribution in [0.25, 0.3) is 0 Å². The lowest BCUT2D eigenvalue weighted by molar-refractivity contribution is -0.144. The van der Waals surface area contributed by atoms with Gasteiger partial charge >= 0.3 is 5.97 Å². The van der Waals surface area contributed by atoms with Crippen molar-refractivity contribution in [3.8, 4) is 5.75 Å². The van der Waals surface area contributed by atoms with Gasteiger partial charge in [0, 0.05) is 17.1 Å². The SMILES string of the molecule is CC(C)Oc1ccc([C@H](C(=O)O)N(C)C2CC(C)(C)NC(C)(C)C2)cc1. The van der Waals surface area contributed by atoms with Crippen LogP contribution in [-0.2, 0) is 4.79 Å². The topological polar surface area (TPSA) is 61.8 Å². The van der Waals surface area contributed by atoms with Crippen molar-refractivity contribution < 1.29 is 14.6 Å². The molecule has 0 radical (unpaired) electrons. The Balaban J connectivity index is 2.24. The van der Waals surface area contributed by atoms with Crippen LogP contribution in [0.4, 0.5) is 0 Å². The van der Waals surface area contributed by atoms with Crippen molar-refractivity contribution in [1.29, 1.82) is 0 Å². The van der Waals surface area contributed by atoms with E-state index in [1.807, 2.05) is 50.1 Å². The Bertz CT molecular complexity index is 607. The molecule has 0 saturated carbocycles. The highest BCUT2D eigenvalue weighted by Crippen LogP contribution is 2.35. The molecule has 5 heteroatoms. The Labute approximate surface area is 157 Å². The molecule has 1 fully saturated rings. The molecule has 0 aliphatic carbocycles. The van der Waals surface area contributed by atoms with Gasteiger partial charge in [0.15, 0.2) is 0 Å². The average molecular weight is 363 g/mol. The van der Waals surface area contributed by atoms with Crippen LogP contribution in [-0.4, -0.2) is 46.2 Å². The summed E-state index contributed by atoms with van der Waals surface area (Å²) in [6.45, 7) is 12.7. The normalized spacial score (nSPS) is 21.0. The van der Waals surface area contributed by atoms with Crippen molar-refractivity contribution in [3.05, 3.63) is 29.8 Å². The van der Waals surface area contributed by atoms with Crippen LogP contribution in [0, 0.1) is 0 Å². The molecular weight excluding hydrogens is 328 g/mol. The first-order valence-electron chi connectivity index (χ1n) is 9.41. The van der Waals surface area contributed by atoms with Gasteiger partial charge in [0.05, 0.1) is 6.10 Å². The van der Waals surface area contributed by atoms with Crippen LogP contribution in [0.2, 0.25) is 0 Å². The Hall–Kier alpha value is -1.59. The standard InChI is InChI=1S/C21H34N2O3/c1-14(2)26-17-10-8-15(9-11-17)18(19(24)25)23(7)16-12-20(3,4)22-21(5,6)13-16/h8-11,14,16,18,22H,12-13H2,1-7H3,(H,24,25)/t18-/m1/s1. The van der Waals surface area contributed by atoms with Crippen LogP contribution in [0.5, 0.6) is 5.75 Å². The van der Waals surface area contributed by atoms with E-state index in [4.69, 9.17) is 4.74 Å². The van der Waals surface area contributed by atoms with Gasteiger partial charge < -0.3 is 15.2 Å². The monoisotopic (exact) mass is 362 g/mol. The Morgan fingerprint density at radius 3 is 2.08 bits per heavy atom. The quantitative estimate of drug-likeness (QED) is 0.805. The van der Waals surface area contributed by atoms with E-state index in [9.17, 15) is 9.90 Å². The van der Waals surface area contributed by atoms with E-state index in [1.54, 1.807) is 0 Å². The Kier molecular flexibility index (Phi) is 6.03. The van der Waals surface area contributed by atoms with Crippen molar-refractivity contribution in [2.45, 2.75) is 83.6 Å². The lowest BCUT2D eigenvalue weighted by Gasteiger charge is -2.50. The minimum atomic E-state index is -0.820. The number of carboxylic acids is 1. The van der Waals surface area contributed by atoms with E-state index < -0.39 is 12.0 Å². The largest absolute Gasteiger partial charge is 0.491 e. The summed E-state index contributed by atoms with van der Waals surface area (Å²) in [5.74, 6) is -0.0566. The molecule has 0 unspecified atom stereocenters. The van der Waals surface area contributed by atoms with Gasteiger partial charge in [-0.1, -0.05) is 12.1 Å². The minimum absolute atomic E-state index is 0.0291. The van der Waals surface area contributed by atoms with Gasteiger partial charge in [0.2, 0.25) is 0 Å². The number of ether oxygens (including phenoxy) is 1. The highest BCUT2D eigenvalue weighted by Gasteiger charge is 2.41. The molecule has 1 atom stereocenters. The number of rotatable bonds is 6. The van der Waals surface area contributed by atoms with Crippen molar-refractivity contribution in [1.82, 2.24) is 10.2 Å². The molecule has 1 heterocycles. The number of likely N-dealkylation sites (N-methyl/N-ethyl adjacent to an activating group) is 1. The fraction of sp³-hybridized carbons (Fsp3) is 0.667. The molecule has 1 aliphatic heterocycles. The van der Waals surface area contributed by atoms with Gasteiger partial charge in [0.1, 0.15) is 11.8 Å². The number of carbonyl (C=O) groups is 1. The molecule has 1 aromatic carbocycles. The van der Waals surface area contributed by atoms with Crippen LogP contribution >= 0.6 is 0 Å². The van der Waals surface area contributed by atoms with E-state index in [2.05, 4.69) is 33.0 Å². The number of hydrogen-bond donors (Lipinski definition) is 2. The summed E-state index contributed by atoms with van der Waals surface area (Å²) in [4.78, 5) is 14.1. The fourth-order valence-corrected chi connectivity index (χ4v) is 4.32. The summed E-state index contributed by atoms with van der Waals surface area (Å²) in [7, 11) is 1.93. The van der Waals surface area contributed by atoms with E-state index in [0.29, 0.717) is 0 Å². The molecule has 0 aromatic heterocycles. The average Bonchev–Trinajstić information content (AvgIpc) is 2.45. The van der Waals surface area contributed by atoms with Gasteiger partial charge in [0.25, 0.3) is 0 Å². The van der Waals surface area contributed by atoms with Crippen molar-refractivity contribution in [3.63, 3.8) is 0 Å². The molecule has 1 aliphatic rings. The molecule has 1 aromatic rings. The van der Waals surface area contributed by atoms with Gasteiger partial charge in [-0.15, -0.1) is 0 Å². The molecule has 0 bridgehead atoms. The molecule has 0 spiro atoms. The maximum atomic E-state index is 12.1. The van der Waals surface area contributed by atoms with Gasteiger partial charge in [-0.05, 0) is 79.1 Å². The van der Waals surface area contributed by atoms with Crippen molar-refractivity contribution >= 4 is 5.97 Å². The second-order valence-electron chi connectivity index (χ2n) is 9.10. The molecule has 26 heavy (non-hydrogen) atoms. The fourth-order valence-electron chi connectivity index (χ4n) is 4.32. The Morgan fingerprint density at radius 2 is 1.65 bits per heavy atom. The maximum Gasteiger partial charge on any atom is 0.325 e. The molecule has 146 valence electrons. The summed E-state index contributed by atoms with van der Waals surface area (Å²) >= 11 is 0. The van der Waals surface area contributed by atoms with Crippen molar-refractivity contribution in [2.24, 2.45) is 0 Å². The van der Waals surface area contributed by atoms with Crippen LogP contribution in [0.15, 0.2) is 24.3 Å². The third kappa shape index (κ3) is 5.21. The first kappa shape index (κ1) is 20.7. The first-order chi connectivity index (χ1) is 11.9. The van der Waals surface area contributed by atoms with E-state index in [-0.39, 0.29) is 23.2 Å². The van der Waals surface area contributed by atoms with E-state index >= 15 is 0 Å². The smallest absolute Gasteiger partial charge is 0.325 e. The highest BCUT2D eigenvalue weighted by molar-refractivity contribution is 5.75. The zero-order valence-electron chi connectivity index (χ0n) is 17.2. The van der Waals surface area contributed by atoms with Gasteiger partial charge in [-0.25, -0.2) is 0 Å². The number of nitrogens with zero attached hydrogens (tertiary/aromatic N) is 1. The summed E-state index contributed by atoms with van der Waals surface area (Å²) in [6.07, 6.45) is 1.91. The van der Waals surface area contributed by atoms with E-state index in [1.165, 1.54) is 0 Å². The predicted octanol–water partition coefficient (Wildman–Crippen LogP) is 3.84. The molecular formula is C21H34N2O3. The Morgan fingerprint density at radius 1 is 1.15 bits per heavy atom. The van der Waals surface area contributed by atoms with Crippen LogP contribution in [0.1, 0.15) is 66.0 Å². The second kappa shape index (κ2) is 7.57. The zero-order valence-corrected chi connectivity index (χ0v) is 17.2. The molecule has 2 rings (SSSR count). The number of aliphatic carboxylic acids is 1. The highest BCUT2D eigenvalue weighted by atomic mass is 16.5. The van der Waals surface area contributed by atoms with Crippen LogP contribution in [0.3, 0.4) is 0 Å². The summed E-state index contributed by atoms with van der Waals surface area (Å²) in [5, 5.41) is 13.6. The van der Waals surface area contributed by atoms with E-state index in [0.717, 1.165) is 24.2 Å². The van der Waals surface area contributed by atoms with Crippen LogP contribution < -0.4 is 10.1 Å². The first-order valence-corrected chi connectivity index (χ1v) is 9.41. The number of carboxylic acid groups (broad SMARTS) is 1. The summed E-state index contributed by atoms with van der Waals surface area (Å²) < 4.78 is 5.67. The lowest BCUT2D eigenvalue weighted by atomic mass is 9.78. The number of piperidine rings is 1. The predicted molar refractivity (Wildman–Crippen MR) is 105 cm³/mol. The molecule has 2 N–H and O–H groups in total. The molecule has 0 amide bonds. The molecule has 5 nitrogen and oxygen atoms in total. The van der Waals surface area contributed by atoms with Gasteiger partial charge in [-0.2, -0.15) is 0 Å².